The van der Waals surface area contributed by atoms with Gasteiger partial charge in [-0.05, 0) is 217 Å². The molecule has 148 heavy (non-hydrogen) atoms. The highest BCUT2D eigenvalue weighted by Gasteiger charge is 2.36. The van der Waals surface area contributed by atoms with E-state index in [1.165, 1.54) is 63.1 Å². The van der Waals surface area contributed by atoms with E-state index in [0.29, 0.717) is 117 Å². The predicted molar refractivity (Wildman–Crippen MR) is 584 cm³/mol. The molecule has 768 valence electrons. The Morgan fingerprint density at radius 3 is 1.06 bits per heavy atom. The van der Waals surface area contributed by atoms with Gasteiger partial charge in [0, 0.05) is 61.8 Å². The first-order valence-electron chi connectivity index (χ1n) is 50.2. The van der Waals surface area contributed by atoms with Crippen LogP contribution in [0.5, 0.6) is 11.5 Å². The van der Waals surface area contributed by atoms with Gasteiger partial charge in [-0.25, -0.2) is 33.6 Å². The van der Waals surface area contributed by atoms with Crippen LogP contribution in [0.4, 0.5) is 0 Å². The van der Waals surface area contributed by atoms with E-state index >= 15 is 0 Å². The van der Waals surface area contributed by atoms with Crippen LogP contribution in [-0.2, 0) is 82.7 Å². The van der Waals surface area contributed by atoms with Gasteiger partial charge in [-0.15, -0.1) is 0 Å². The van der Waals surface area contributed by atoms with Crippen LogP contribution >= 0.6 is 0 Å². The molecule has 0 radical (unpaired) electrons. The standard InChI is InChI=1S/C29H34O4.C22H25NO2.C22H22O4.C20H18O3.C18H20O4.C14H13NO4/c1-22(2)28(30)32-19-13-7-5-3-4-6-8-14-20-33-29(31)27-25-17-11-9-15-23(25)21-24-16-10-12-18-26(24)27;1-17(2)22(24)25-16-10-4-3-9-15-23-20-13-7-5-11-18(20)19-12-6-8-14-21(19)23;1-15(2)21(23)25-13-7-8-14-26-22(24)20-18-11-5-3-9-16(18)17-10-4-6-12-19(17)20;1-14(2)20(21)23-12-11-22-17-9-10-19-16(13-17)8-7-15-5-3-4-6-18(15)19;1-14(2)18(19)22-12-10-20-9-11-21-17-8-7-15-5-3-4-6-16(15)13-17;1-9(2)14(18)19-8-7-15-12(16)10-5-3-4-6-11(10)13(15)17/h9-12,15-18,21H,1,3-8,13-14,19-20H2,2H3;5-8,11-14H,1,3-4,9-10,15-16H2,2H3;3-6,9-12,20H,1,7-8,13-14H2,2H3;3-10,13H,1,11-12H2,2H3;3-8,13H,1,9-12H2,2H3;3-6H,1,7-8H2,2H3. The minimum Gasteiger partial charge on any atom is -0.491 e. The van der Waals surface area contributed by atoms with Crippen molar-refractivity contribution in [3.63, 3.8) is 0 Å². The molecule has 23 nitrogen and oxygen atoms in total. The number of para-hydroxylation sites is 2. The molecule has 0 spiro atoms. The first-order valence-corrected chi connectivity index (χ1v) is 50.2. The van der Waals surface area contributed by atoms with E-state index in [9.17, 15) is 47.9 Å². The first-order chi connectivity index (χ1) is 71.7. The molecule has 0 N–H and O–H groups in total. The van der Waals surface area contributed by atoms with Crippen molar-refractivity contribution < 1.29 is 100 Å². The third-order valence-corrected chi connectivity index (χ3v) is 24.3. The van der Waals surface area contributed by atoms with Gasteiger partial charge in [-0.1, -0.05) is 303 Å². The number of hydrogen-bond donors (Lipinski definition) is 0. The van der Waals surface area contributed by atoms with Gasteiger partial charge in [-0.3, -0.25) is 19.3 Å². The van der Waals surface area contributed by atoms with Crippen molar-refractivity contribution in [1.29, 1.82) is 0 Å². The molecule has 2 amide bonds. The maximum absolute atomic E-state index is 13.0. The molecule has 0 atom stereocenters. The molecule has 0 saturated carbocycles. The summed E-state index contributed by atoms with van der Waals surface area (Å²) in [5, 5.41) is 13.7. The van der Waals surface area contributed by atoms with Crippen LogP contribution in [0.2, 0.25) is 0 Å². The topological polar surface area (TPSA) is 280 Å². The maximum Gasteiger partial charge on any atom is 0.339 e. The van der Waals surface area contributed by atoms with Crippen LogP contribution < -0.4 is 9.47 Å². The highest BCUT2D eigenvalue weighted by Crippen LogP contribution is 2.45. The lowest BCUT2D eigenvalue weighted by molar-refractivity contribution is -0.145. The monoisotopic (exact) mass is 2000 g/mol. The van der Waals surface area contributed by atoms with Crippen molar-refractivity contribution in [2.75, 3.05) is 85.8 Å². The summed E-state index contributed by atoms with van der Waals surface area (Å²) in [7, 11) is 0. The summed E-state index contributed by atoms with van der Waals surface area (Å²) in [4.78, 5) is 118. The number of benzene rings is 13. The average molecular weight is 2000 g/mol. The second-order valence-corrected chi connectivity index (χ2v) is 36.0. The highest BCUT2D eigenvalue weighted by atomic mass is 16.6. The Morgan fingerprint density at radius 1 is 0.257 bits per heavy atom. The number of amides is 2. The van der Waals surface area contributed by atoms with Crippen molar-refractivity contribution in [3.8, 4) is 22.6 Å². The Kier molecular flexibility index (Phi) is 44.5. The number of aromatic nitrogens is 1. The number of esters is 8. The van der Waals surface area contributed by atoms with E-state index < -0.39 is 17.9 Å². The molecule has 0 fully saturated rings. The lowest BCUT2D eigenvalue weighted by atomic mass is 9.97. The SMILES string of the molecule is C=C(C)C(=O)OCCCCCCCCCCOC(=O)c1c2ccccc2cc2ccccc12.C=C(C)C(=O)OCCCCCCn1c2ccccc2c2ccccc21.C=C(C)C(=O)OCCCCOC(=O)C1c2ccccc2-c2ccccc21.C=C(C)C(=O)OCCN1C(=O)c2ccccc2C1=O.C=C(C)C(=O)OCCOCCOc1ccc2ccccc2c1.C=C(C)C(=O)OCCOc1ccc2c(ccc3ccccc32)c1. The van der Waals surface area contributed by atoms with Gasteiger partial charge in [0.25, 0.3) is 11.8 Å². The molecule has 1 aliphatic heterocycles. The van der Waals surface area contributed by atoms with E-state index in [0.717, 1.165) is 142 Å². The third-order valence-electron chi connectivity index (χ3n) is 24.3. The number of aryl methyl sites for hydroxylation is 1. The second-order valence-electron chi connectivity index (χ2n) is 36.0. The normalized spacial score (nSPS) is 11.4. The van der Waals surface area contributed by atoms with E-state index in [1.54, 1.807) is 58.9 Å². The minimum atomic E-state index is -0.531. The maximum atomic E-state index is 13.0. The summed E-state index contributed by atoms with van der Waals surface area (Å²) in [6, 6.07) is 90.4. The van der Waals surface area contributed by atoms with Crippen LogP contribution in [0.3, 0.4) is 0 Å². The van der Waals surface area contributed by atoms with Crippen LogP contribution in [0.15, 0.2) is 346 Å². The number of rotatable bonds is 45. The molecule has 1 aliphatic carbocycles. The van der Waals surface area contributed by atoms with Crippen molar-refractivity contribution in [2.24, 2.45) is 0 Å². The van der Waals surface area contributed by atoms with E-state index in [-0.39, 0.29) is 79.5 Å². The number of ether oxygens (including phenoxy) is 11. The molecule has 14 aromatic rings. The number of nitrogens with zero attached hydrogens (tertiary/aromatic N) is 2. The summed E-state index contributed by atoms with van der Waals surface area (Å²) in [6.45, 7) is 35.9. The molecule has 0 saturated heterocycles. The van der Waals surface area contributed by atoms with Crippen molar-refractivity contribution in [2.45, 2.75) is 144 Å². The van der Waals surface area contributed by atoms with E-state index in [4.69, 9.17) is 52.1 Å². The predicted octanol–water partition coefficient (Wildman–Crippen LogP) is 26.4. The Balaban J connectivity index is 0.000000170. The van der Waals surface area contributed by atoms with Crippen molar-refractivity contribution >= 4 is 135 Å². The number of carbonyl (C=O) groups is 10. The molecule has 23 heteroatoms. The number of unbranched alkanes of at least 4 members (excludes halogenated alkanes) is 11. The summed E-state index contributed by atoms with van der Waals surface area (Å²) in [6.07, 6.45) is 14.1. The number of carbonyl (C=O) groups excluding carboxylic acids is 10. The van der Waals surface area contributed by atoms with Gasteiger partial charge in [0.2, 0.25) is 0 Å². The van der Waals surface area contributed by atoms with E-state index in [2.05, 4.69) is 141 Å². The lowest BCUT2D eigenvalue weighted by Gasteiger charge is -2.13. The molecule has 2 heterocycles. The minimum absolute atomic E-state index is 0.0306. The molecule has 13 aromatic carbocycles. The highest BCUT2D eigenvalue weighted by molar-refractivity contribution is 6.21. The van der Waals surface area contributed by atoms with Gasteiger partial charge < -0.3 is 56.7 Å². The Bertz CT molecular complexity index is 6890. The van der Waals surface area contributed by atoms with E-state index in [1.807, 2.05) is 152 Å². The fraction of sp³-hybridized carbons (Fsp3) is 0.280. The molecule has 2 aliphatic rings. The lowest BCUT2D eigenvalue weighted by Crippen LogP contribution is -2.33. The van der Waals surface area contributed by atoms with Crippen LogP contribution in [0.1, 0.15) is 180 Å². The summed E-state index contributed by atoms with van der Waals surface area (Å²) in [5.74, 6) is -2.27. The van der Waals surface area contributed by atoms with Gasteiger partial charge in [-0.2, -0.15) is 0 Å². The van der Waals surface area contributed by atoms with Crippen molar-refractivity contribution in [3.05, 3.63) is 374 Å². The Labute approximate surface area is 865 Å². The Hall–Kier alpha value is -16.1. The quantitative estimate of drug-likeness (QED) is 0.00652. The van der Waals surface area contributed by atoms with Crippen LogP contribution in [0, 0.1) is 0 Å². The zero-order valence-corrected chi connectivity index (χ0v) is 85.6. The molecular weight excluding hydrogens is 1870 g/mol. The van der Waals surface area contributed by atoms with Crippen LogP contribution in [0.25, 0.3) is 86.8 Å². The Morgan fingerprint density at radius 2 is 0.574 bits per heavy atom. The van der Waals surface area contributed by atoms with Crippen LogP contribution in [-0.4, -0.2) is 155 Å². The summed E-state index contributed by atoms with van der Waals surface area (Å²) in [5.41, 5.74) is 10.6. The number of hydrogen-bond acceptors (Lipinski definition) is 21. The summed E-state index contributed by atoms with van der Waals surface area (Å²) < 4.78 is 60.3. The molecule has 0 unspecified atom stereocenters. The fourth-order valence-corrected chi connectivity index (χ4v) is 16.6. The molecular formula is C125H132N2O21. The fourth-order valence-electron chi connectivity index (χ4n) is 16.6. The smallest absolute Gasteiger partial charge is 0.339 e. The zero-order chi connectivity index (χ0) is 106. The molecule has 1 aromatic heterocycles. The average Bonchev–Trinajstić information content (AvgIpc) is 1.50. The number of imide groups is 1. The second kappa shape index (κ2) is 58.7. The number of fused-ring (bicyclic) bond motifs is 13. The zero-order valence-electron chi connectivity index (χ0n) is 85.6. The summed E-state index contributed by atoms with van der Waals surface area (Å²) >= 11 is 0. The van der Waals surface area contributed by atoms with Gasteiger partial charge in [0.05, 0.1) is 69.5 Å². The first kappa shape index (κ1) is 112. The van der Waals surface area contributed by atoms with Crippen molar-refractivity contribution in [1.82, 2.24) is 9.47 Å². The van der Waals surface area contributed by atoms with Gasteiger partial charge >= 0.3 is 47.8 Å². The van der Waals surface area contributed by atoms with Gasteiger partial charge in [0.1, 0.15) is 50.5 Å². The van der Waals surface area contributed by atoms with Gasteiger partial charge in [0.15, 0.2) is 0 Å². The molecule has 0 bridgehead atoms. The third kappa shape index (κ3) is 33.2. The largest absolute Gasteiger partial charge is 0.491 e. The molecule has 16 rings (SSSR count).